The molecule has 2 fully saturated rings. The lowest BCUT2D eigenvalue weighted by atomic mass is 9.96. The summed E-state index contributed by atoms with van der Waals surface area (Å²) in [4.78, 5) is 7.01. The van der Waals surface area contributed by atoms with E-state index < -0.39 is 0 Å². The summed E-state index contributed by atoms with van der Waals surface area (Å²) in [5.41, 5.74) is 0. The van der Waals surface area contributed by atoms with Gasteiger partial charge in [-0.25, -0.2) is 0 Å². The van der Waals surface area contributed by atoms with Crippen molar-refractivity contribution in [3.8, 4) is 0 Å². The molecule has 1 aromatic heterocycles. The molecule has 0 aromatic carbocycles. The minimum atomic E-state index is 0.521. The summed E-state index contributed by atoms with van der Waals surface area (Å²) in [6.07, 6.45) is 9.41. The number of hydrogen-bond donors (Lipinski definition) is 2. The highest BCUT2D eigenvalue weighted by Crippen LogP contribution is 2.25. The summed E-state index contributed by atoms with van der Waals surface area (Å²) in [7, 11) is 0. The molecule has 112 valence electrons. The molecule has 1 saturated carbocycles. The molecule has 5 heteroatoms. The fourth-order valence-corrected chi connectivity index (χ4v) is 3.47. The molecule has 0 bridgehead atoms. The van der Waals surface area contributed by atoms with Gasteiger partial charge in [0.15, 0.2) is 0 Å². The molecule has 2 aliphatic rings. The van der Waals surface area contributed by atoms with Gasteiger partial charge in [0, 0.05) is 32.1 Å². The van der Waals surface area contributed by atoms with E-state index in [0.717, 1.165) is 43.7 Å². The lowest BCUT2D eigenvalue weighted by Crippen LogP contribution is -2.49. The molecule has 1 aliphatic heterocycles. The van der Waals surface area contributed by atoms with Gasteiger partial charge in [-0.3, -0.25) is 5.10 Å². The number of aromatic amines is 1. The van der Waals surface area contributed by atoms with Crippen molar-refractivity contribution in [2.45, 2.75) is 57.9 Å². The molecule has 3 rings (SSSR count). The lowest BCUT2D eigenvalue weighted by molar-refractivity contribution is 0.448. The summed E-state index contributed by atoms with van der Waals surface area (Å²) in [5.74, 6) is 2.78. The van der Waals surface area contributed by atoms with E-state index in [0.29, 0.717) is 6.04 Å². The number of anilines is 1. The van der Waals surface area contributed by atoms with Crippen LogP contribution in [0, 0.1) is 5.92 Å². The monoisotopic (exact) mass is 277 g/mol. The van der Waals surface area contributed by atoms with Crippen molar-refractivity contribution < 1.29 is 0 Å². The van der Waals surface area contributed by atoms with Crippen LogP contribution in [-0.2, 0) is 6.42 Å². The molecule has 2 heterocycles. The number of rotatable bonds is 3. The Bertz CT molecular complexity index is 408. The van der Waals surface area contributed by atoms with Gasteiger partial charge < -0.3 is 10.2 Å². The number of aromatic nitrogens is 3. The second kappa shape index (κ2) is 6.57. The van der Waals surface area contributed by atoms with Crippen molar-refractivity contribution in [1.29, 1.82) is 0 Å². The summed E-state index contributed by atoms with van der Waals surface area (Å²) >= 11 is 0. The third kappa shape index (κ3) is 3.51. The predicted molar refractivity (Wildman–Crippen MR) is 81.0 cm³/mol. The molecule has 5 nitrogen and oxygen atoms in total. The Morgan fingerprint density at radius 3 is 2.75 bits per heavy atom. The van der Waals surface area contributed by atoms with Gasteiger partial charge >= 0.3 is 0 Å². The first-order valence-electron chi connectivity index (χ1n) is 8.21. The van der Waals surface area contributed by atoms with Crippen LogP contribution in [0.15, 0.2) is 0 Å². The molecule has 1 unspecified atom stereocenters. The van der Waals surface area contributed by atoms with Gasteiger partial charge in [0.2, 0.25) is 5.95 Å². The average molecular weight is 277 g/mol. The molecule has 1 aliphatic carbocycles. The third-order valence-electron chi connectivity index (χ3n) is 4.63. The fraction of sp³-hybridized carbons (Fsp3) is 0.867. The highest BCUT2D eigenvalue weighted by Gasteiger charge is 2.20. The Labute approximate surface area is 121 Å². The Morgan fingerprint density at radius 2 is 2.00 bits per heavy atom. The Hall–Kier alpha value is -1.10. The Morgan fingerprint density at radius 1 is 1.20 bits per heavy atom. The van der Waals surface area contributed by atoms with E-state index in [-0.39, 0.29) is 0 Å². The molecule has 1 aromatic rings. The van der Waals surface area contributed by atoms with E-state index in [1.54, 1.807) is 0 Å². The lowest BCUT2D eigenvalue weighted by Gasteiger charge is -2.30. The number of nitrogens with one attached hydrogen (secondary N) is 2. The van der Waals surface area contributed by atoms with Crippen molar-refractivity contribution >= 4 is 5.95 Å². The van der Waals surface area contributed by atoms with Crippen LogP contribution in [0.1, 0.15) is 51.3 Å². The van der Waals surface area contributed by atoms with Gasteiger partial charge in [-0.05, 0) is 12.8 Å². The molecule has 0 radical (unpaired) electrons. The number of piperazine rings is 1. The third-order valence-corrected chi connectivity index (χ3v) is 4.63. The van der Waals surface area contributed by atoms with Crippen LogP contribution in [0.25, 0.3) is 0 Å². The van der Waals surface area contributed by atoms with Gasteiger partial charge in [-0.15, -0.1) is 5.10 Å². The van der Waals surface area contributed by atoms with Crippen molar-refractivity contribution in [2.75, 3.05) is 24.5 Å². The zero-order valence-corrected chi connectivity index (χ0v) is 12.6. The highest BCUT2D eigenvalue weighted by atomic mass is 15.4. The van der Waals surface area contributed by atoms with E-state index in [2.05, 4.69) is 27.3 Å². The van der Waals surface area contributed by atoms with Crippen LogP contribution in [0.3, 0.4) is 0 Å². The van der Waals surface area contributed by atoms with E-state index in [4.69, 9.17) is 4.98 Å². The van der Waals surface area contributed by atoms with E-state index in [1.807, 2.05) is 0 Å². The maximum absolute atomic E-state index is 4.72. The average Bonchev–Trinajstić information content (AvgIpc) is 2.75. The predicted octanol–water partition coefficient (Wildman–Crippen LogP) is 2.12. The van der Waals surface area contributed by atoms with Gasteiger partial charge in [0.25, 0.3) is 0 Å². The second-order valence-corrected chi connectivity index (χ2v) is 6.45. The summed E-state index contributed by atoms with van der Waals surface area (Å²) in [5, 5.41) is 11.0. The number of nitrogens with zero attached hydrogens (tertiary/aromatic N) is 3. The van der Waals surface area contributed by atoms with E-state index in [1.165, 1.54) is 38.5 Å². The van der Waals surface area contributed by atoms with Crippen LogP contribution >= 0.6 is 0 Å². The molecular weight excluding hydrogens is 250 g/mol. The first kappa shape index (κ1) is 13.9. The summed E-state index contributed by atoms with van der Waals surface area (Å²) in [6, 6.07) is 0.521. The molecule has 20 heavy (non-hydrogen) atoms. The minimum Gasteiger partial charge on any atom is -0.337 e. The number of H-pyrrole nitrogens is 1. The maximum Gasteiger partial charge on any atom is 0.244 e. The van der Waals surface area contributed by atoms with E-state index >= 15 is 0 Å². The smallest absolute Gasteiger partial charge is 0.244 e. The first-order valence-corrected chi connectivity index (χ1v) is 8.21. The quantitative estimate of drug-likeness (QED) is 0.831. The minimum absolute atomic E-state index is 0.521. The SMILES string of the molecule is CC1CN(c2n[nH]c(CC3CCCCCC3)n2)CCN1. The first-order chi connectivity index (χ1) is 9.81. The molecule has 0 amide bonds. The maximum atomic E-state index is 4.72. The van der Waals surface area contributed by atoms with Crippen molar-refractivity contribution in [3.05, 3.63) is 5.82 Å². The zero-order chi connectivity index (χ0) is 13.8. The van der Waals surface area contributed by atoms with Crippen LogP contribution in [-0.4, -0.2) is 40.9 Å². The standard InChI is InChI=1S/C15H27N5/c1-12-11-20(9-8-16-12)15-17-14(18-19-15)10-13-6-4-2-3-5-7-13/h12-13,16H,2-11H2,1H3,(H,17,18,19). The second-order valence-electron chi connectivity index (χ2n) is 6.45. The van der Waals surface area contributed by atoms with Gasteiger partial charge in [0.05, 0.1) is 0 Å². The molecule has 2 N–H and O–H groups in total. The van der Waals surface area contributed by atoms with Crippen LogP contribution in [0.4, 0.5) is 5.95 Å². The van der Waals surface area contributed by atoms with Crippen LogP contribution in [0.2, 0.25) is 0 Å². The normalized spacial score (nSPS) is 25.6. The topological polar surface area (TPSA) is 56.8 Å². The van der Waals surface area contributed by atoms with Gasteiger partial charge in [-0.2, -0.15) is 4.98 Å². The van der Waals surface area contributed by atoms with Crippen molar-refractivity contribution in [1.82, 2.24) is 20.5 Å². The van der Waals surface area contributed by atoms with Crippen LogP contribution < -0.4 is 10.2 Å². The molecule has 1 atom stereocenters. The van der Waals surface area contributed by atoms with Gasteiger partial charge in [-0.1, -0.05) is 38.5 Å². The van der Waals surface area contributed by atoms with Gasteiger partial charge in [0.1, 0.15) is 5.82 Å². The zero-order valence-electron chi connectivity index (χ0n) is 12.6. The molecular formula is C15H27N5. The Kier molecular flexibility index (Phi) is 4.55. The highest BCUT2D eigenvalue weighted by molar-refractivity contribution is 5.30. The molecule has 0 spiro atoms. The van der Waals surface area contributed by atoms with Crippen LogP contribution in [0.5, 0.6) is 0 Å². The fourth-order valence-electron chi connectivity index (χ4n) is 3.47. The number of hydrogen-bond acceptors (Lipinski definition) is 4. The van der Waals surface area contributed by atoms with Crippen molar-refractivity contribution in [2.24, 2.45) is 5.92 Å². The van der Waals surface area contributed by atoms with Crippen molar-refractivity contribution in [3.63, 3.8) is 0 Å². The Balaban J connectivity index is 1.58. The molecule has 1 saturated heterocycles. The largest absolute Gasteiger partial charge is 0.337 e. The summed E-state index contributed by atoms with van der Waals surface area (Å²) < 4.78 is 0. The van der Waals surface area contributed by atoms with E-state index in [9.17, 15) is 0 Å². The summed E-state index contributed by atoms with van der Waals surface area (Å²) in [6.45, 7) is 5.24.